The number of nitriles is 2. The fraction of sp³-hybridized carbons (Fsp3) is 0.378. The molecule has 2 bridgehead atoms. The molecule has 4 aromatic carbocycles. The highest BCUT2D eigenvalue weighted by Gasteiger charge is 2.44. The minimum absolute atomic E-state index is 0.0216. The largest absolute Gasteiger partial charge is 0.490 e. The van der Waals surface area contributed by atoms with Crippen LogP contribution < -0.4 is 9.47 Å². The molecule has 0 aromatic heterocycles. The number of fused-ring (bicyclic) bond motifs is 2. The molecule has 0 spiro atoms. The van der Waals surface area contributed by atoms with Crippen molar-refractivity contribution in [3.63, 3.8) is 0 Å². The Morgan fingerprint density at radius 1 is 0.727 bits per heavy atom. The van der Waals surface area contributed by atoms with Crippen molar-refractivity contribution >= 4 is 35.0 Å². The lowest BCUT2D eigenvalue weighted by Gasteiger charge is -2.39. The Kier molecular flexibility index (Phi) is 11.4. The van der Waals surface area contributed by atoms with Crippen molar-refractivity contribution in [1.29, 1.82) is 10.5 Å². The number of carbonyl (C=O) groups excluding carboxylic acids is 2. The molecule has 0 radical (unpaired) electrons. The standard InChI is InChI=1S/C45H44Cl2N4O4/c1-4-28-5-6-30(45(53)51-33-10-11-34(51)22-38(21-33)55-37-13-8-32(26-49)43(47)24-37)19-40(28)41-20-29(9-14-39(41)27(2)3)44(52)50-17-15-35(16-18-50)54-36-12-7-31(25-48)42(46)23-36/h5-9,12-14,19-20,23-24,27,33-35,38H,4,10-11,15-18,21-22H2,1-3H3. The quantitative estimate of drug-likeness (QED) is 0.168. The number of carbonyl (C=O) groups is 2. The molecule has 3 fully saturated rings. The maximum absolute atomic E-state index is 14.4. The highest BCUT2D eigenvalue weighted by molar-refractivity contribution is 6.32. The van der Waals surface area contributed by atoms with E-state index in [4.69, 9.17) is 32.7 Å². The van der Waals surface area contributed by atoms with Crippen LogP contribution in [0, 0.1) is 22.7 Å². The summed E-state index contributed by atoms with van der Waals surface area (Å²) >= 11 is 12.5. The third-order valence-corrected chi connectivity index (χ3v) is 12.0. The van der Waals surface area contributed by atoms with Gasteiger partial charge in [-0.3, -0.25) is 9.59 Å². The zero-order chi connectivity index (χ0) is 38.8. The Bertz CT molecular complexity index is 2190. The molecule has 0 N–H and O–H groups in total. The number of likely N-dealkylation sites (tertiary alicyclic amines) is 1. The van der Waals surface area contributed by atoms with Gasteiger partial charge in [-0.05, 0) is 96.0 Å². The Morgan fingerprint density at radius 2 is 1.27 bits per heavy atom. The van der Waals surface area contributed by atoms with Crippen LogP contribution in [-0.2, 0) is 6.42 Å². The van der Waals surface area contributed by atoms with Crippen LogP contribution in [0.1, 0.15) is 108 Å². The van der Waals surface area contributed by atoms with Crippen LogP contribution in [0.2, 0.25) is 10.0 Å². The first-order chi connectivity index (χ1) is 26.6. The van der Waals surface area contributed by atoms with Gasteiger partial charge in [0.05, 0.1) is 21.2 Å². The number of hydrogen-bond acceptors (Lipinski definition) is 6. The summed E-state index contributed by atoms with van der Waals surface area (Å²) in [6.45, 7) is 7.55. The van der Waals surface area contributed by atoms with E-state index in [1.165, 1.54) is 0 Å². The molecule has 2 unspecified atom stereocenters. The van der Waals surface area contributed by atoms with Crippen molar-refractivity contribution in [2.75, 3.05) is 13.1 Å². The van der Waals surface area contributed by atoms with Gasteiger partial charge in [0.1, 0.15) is 35.8 Å². The smallest absolute Gasteiger partial charge is 0.254 e. The number of rotatable bonds is 9. The molecule has 3 saturated heterocycles. The second-order valence-corrected chi connectivity index (χ2v) is 15.9. The van der Waals surface area contributed by atoms with Crippen LogP contribution in [0.4, 0.5) is 0 Å². The third-order valence-electron chi connectivity index (χ3n) is 11.3. The van der Waals surface area contributed by atoms with E-state index in [0.29, 0.717) is 69.7 Å². The summed E-state index contributed by atoms with van der Waals surface area (Å²) in [6, 6.07) is 26.6. The molecule has 8 nitrogen and oxygen atoms in total. The SMILES string of the molecule is CCc1ccc(C(=O)N2C3CCC2CC(Oc2ccc(C#N)c(Cl)c2)C3)cc1-c1cc(C(=O)N2CCC(Oc3ccc(C#N)c(Cl)c3)CC2)ccc1C(C)C. The Morgan fingerprint density at radius 3 is 1.82 bits per heavy atom. The van der Waals surface area contributed by atoms with Gasteiger partial charge in [0, 0.05) is 74.1 Å². The second kappa shape index (κ2) is 16.4. The van der Waals surface area contributed by atoms with Gasteiger partial charge in [-0.1, -0.05) is 56.1 Å². The van der Waals surface area contributed by atoms with Gasteiger partial charge in [0.25, 0.3) is 11.8 Å². The molecule has 7 rings (SSSR count). The van der Waals surface area contributed by atoms with E-state index in [0.717, 1.165) is 54.4 Å². The number of aryl methyl sites for hydroxylation is 1. The average Bonchev–Trinajstić information content (AvgIpc) is 3.46. The highest BCUT2D eigenvalue weighted by atomic mass is 35.5. The van der Waals surface area contributed by atoms with Crippen LogP contribution in [0.25, 0.3) is 11.1 Å². The van der Waals surface area contributed by atoms with Crippen LogP contribution >= 0.6 is 23.2 Å². The second-order valence-electron chi connectivity index (χ2n) is 15.1. The van der Waals surface area contributed by atoms with Crippen molar-refractivity contribution in [3.8, 4) is 34.8 Å². The van der Waals surface area contributed by atoms with Crippen molar-refractivity contribution < 1.29 is 19.1 Å². The molecule has 2 atom stereocenters. The number of hydrogen-bond donors (Lipinski definition) is 0. The van der Waals surface area contributed by atoms with Crippen molar-refractivity contribution in [2.45, 2.75) is 95.9 Å². The maximum atomic E-state index is 14.4. The Labute approximate surface area is 333 Å². The minimum Gasteiger partial charge on any atom is -0.490 e. The maximum Gasteiger partial charge on any atom is 0.254 e. The molecule has 3 aliphatic heterocycles. The summed E-state index contributed by atoms with van der Waals surface area (Å²) in [6.07, 6.45) is 5.36. The fourth-order valence-electron chi connectivity index (χ4n) is 8.46. The van der Waals surface area contributed by atoms with Crippen LogP contribution in [0.3, 0.4) is 0 Å². The van der Waals surface area contributed by atoms with E-state index in [-0.39, 0.29) is 42.0 Å². The molecule has 4 aromatic rings. The number of piperidine rings is 2. The predicted molar refractivity (Wildman–Crippen MR) is 214 cm³/mol. The molecule has 0 saturated carbocycles. The zero-order valence-electron chi connectivity index (χ0n) is 31.4. The van der Waals surface area contributed by atoms with Gasteiger partial charge in [-0.25, -0.2) is 0 Å². The van der Waals surface area contributed by atoms with Gasteiger partial charge in [-0.15, -0.1) is 0 Å². The van der Waals surface area contributed by atoms with E-state index in [1.807, 2.05) is 29.2 Å². The summed E-state index contributed by atoms with van der Waals surface area (Å²) in [4.78, 5) is 32.3. The number of nitrogens with zero attached hydrogens (tertiary/aromatic N) is 4. The number of amides is 2. The van der Waals surface area contributed by atoms with Crippen LogP contribution in [0.15, 0.2) is 72.8 Å². The number of halogens is 2. The summed E-state index contributed by atoms with van der Waals surface area (Å²) in [5, 5.41) is 19.1. The first kappa shape index (κ1) is 38.3. The van der Waals surface area contributed by atoms with E-state index in [2.05, 4.69) is 49.9 Å². The number of benzene rings is 4. The first-order valence-corrected chi connectivity index (χ1v) is 19.9. The van der Waals surface area contributed by atoms with Gasteiger partial charge < -0.3 is 19.3 Å². The van der Waals surface area contributed by atoms with Gasteiger partial charge in [0.15, 0.2) is 0 Å². The minimum atomic E-state index is -0.0606. The molecular weight excluding hydrogens is 731 g/mol. The molecular formula is C45H44Cl2N4O4. The molecule has 3 heterocycles. The van der Waals surface area contributed by atoms with E-state index >= 15 is 0 Å². The highest BCUT2D eigenvalue weighted by Crippen LogP contribution is 2.40. The molecule has 3 aliphatic rings. The summed E-state index contributed by atoms with van der Waals surface area (Å²) in [5.74, 6) is 1.47. The fourth-order valence-corrected chi connectivity index (χ4v) is 8.89. The summed E-state index contributed by atoms with van der Waals surface area (Å²) in [7, 11) is 0. The molecule has 282 valence electrons. The molecule has 55 heavy (non-hydrogen) atoms. The topological polar surface area (TPSA) is 107 Å². The van der Waals surface area contributed by atoms with Gasteiger partial charge in [-0.2, -0.15) is 10.5 Å². The average molecular weight is 776 g/mol. The van der Waals surface area contributed by atoms with E-state index in [9.17, 15) is 20.1 Å². The third kappa shape index (κ3) is 8.04. The normalized spacial score (nSPS) is 19.5. The summed E-state index contributed by atoms with van der Waals surface area (Å²) in [5.41, 5.74) is 6.33. The Hall–Kier alpha value is -5.02. The molecule has 0 aliphatic carbocycles. The first-order valence-electron chi connectivity index (χ1n) is 19.2. The van der Waals surface area contributed by atoms with Crippen LogP contribution in [-0.4, -0.2) is 59.0 Å². The van der Waals surface area contributed by atoms with Gasteiger partial charge in [0.2, 0.25) is 0 Å². The Balaban J connectivity index is 1.07. The molecule has 2 amide bonds. The lowest BCUT2D eigenvalue weighted by Crippen LogP contribution is -2.49. The van der Waals surface area contributed by atoms with E-state index < -0.39 is 0 Å². The van der Waals surface area contributed by atoms with Crippen LogP contribution in [0.5, 0.6) is 11.5 Å². The zero-order valence-corrected chi connectivity index (χ0v) is 32.9. The summed E-state index contributed by atoms with van der Waals surface area (Å²) < 4.78 is 12.5. The van der Waals surface area contributed by atoms with E-state index in [1.54, 1.807) is 36.4 Å². The van der Waals surface area contributed by atoms with Crippen molar-refractivity contribution in [1.82, 2.24) is 9.80 Å². The van der Waals surface area contributed by atoms with Gasteiger partial charge >= 0.3 is 0 Å². The number of ether oxygens (including phenoxy) is 2. The lowest BCUT2D eigenvalue weighted by molar-refractivity contribution is 0.0358. The predicted octanol–water partition coefficient (Wildman–Crippen LogP) is 9.99. The molecule has 10 heteroatoms. The lowest BCUT2D eigenvalue weighted by atomic mass is 9.87. The van der Waals surface area contributed by atoms with Crippen molar-refractivity contribution in [2.24, 2.45) is 0 Å². The monoisotopic (exact) mass is 774 g/mol. The van der Waals surface area contributed by atoms with Crippen molar-refractivity contribution in [3.05, 3.63) is 116 Å².